The van der Waals surface area contributed by atoms with Gasteiger partial charge in [0.1, 0.15) is 11.7 Å². The molecule has 3 aliphatic rings. The predicted octanol–water partition coefficient (Wildman–Crippen LogP) is 2.29. The number of amides is 1. The molecule has 0 bridgehead atoms. The molecule has 208 valence electrons. The van der Waals surface area contributed by atoms with Gasteiger partial charge in [0.05, 0.1) is 21.8 Å². The van der Waals surface area contributed by atoms with Crippen molar-refractivity contribution in [3.8, 4) is 0 Å². The lowest BCUT2D eigenvalue weighted by Gasteiger charge is -2.58. The van der Waals surface area contributed by atoms with E-state index in [1.54, 1.807) is 25.4 Å². The van der Waals surface area contributed by atoms with E-state index >= 15 is 0 Å². The monoisotopic (exact) mass is 555 g/mol. The molecule has 1 amide bonds. The van der Waals surface area contributed by atoms with Crippen molar-refractivity contribution in [3.63, 3.8) is 0 Å². The van der Waals surface area contributed by atoms with Crippen LogP contribution in [0.5, 0.6) is 0 Å². The first-order valence-corrected chi connectivity index (χ1v) is 14.7. The van der Waals surface area contributed by atoms with Gasteiger partial charge in [-0.05, 0) is 69.9 Å². The number of carbonyl (C=O) groups excluding carboxylic acids is 1. The first-order chi connectivity index (χ1) is 18.7. The van der Waals surface area contributed by atoms with Crippen LogP contribution in [0.2, 0.25) is 0 Å². The van der Waals surface area contributed by atoms with Gasteiger partial charge >= 0.3 is 0 Å². The molecule has 2 atom stereocenters. The van der Waals surface area contributed by atoms with Crippen LogP contribution in [0, 0.1) is 16.0 Å². The number of sulfonamides is 1. The SMILES string of the molecule is CC(=O)N1CCC(C2C(c3ncccn3)C(=NS(=O)(=O)c3ccc([N+](=O)[O-])cc3)N2C2CCN(C)CC2)CC1. The molecule has 1 aromatic carbocycles. The van der Waals surface area contributed by atoms with Crippen molar-refractivity contribution in [2.24, 2.45) is 10.3 Å². The molecule has 0 spiro atoms. The second-order valence-electron chi connectivity index (χ2n) is 10.5. The fraction of sp³-hybridized carbons (Fsp3) is 0.538. The molecule has 12 nitrogen and oxygen atoms in total. The number of likely N-dealkylation sites (tertiary alicyclic amines) is 3. The van der Waals surface area contributed by atoms with E-state index in [1.807, 2.05) is 4.90 Å². The Morgan fingerprint density at radius 1 is 1.03 bits per heavy atom. The highest BCUT2D eigenvalue weighted by atomic mass is 32.2. The molecule has 3 saturated heterocycles. The highest BCUT2D eigenvalue weighted by Crippen LogP contribution is 2.46. The van der Waals surface area contributed by atoms with Gasteiger partial charge < -0.3 is 14.7 Å². The van der Waals surface area contributed by atoms with Gasteiger partial charge in [0.25, 0.3) is 15.7 Å². The number of piperidine rings is 2. The number of nitro benzene ring substituents is 1. The van der Waals surface area contributed by atoms with E-state index in [-0.39, 0.29) is 34.5 Å². The number of amidine groups is 1. The van der Waals surface area contributed by atoms with Crippen molar-refractivity contribution >= 4 is 27.5 Å². The number of nitro groups is 1. The van der Waals surface area contributed by atoms with Crippen LogP contribution < -0.4 is 0 Å². The number of hydrogen-bond acceptors (Lipinski definition) is 8. The molecule has 2 aromatic rings. The smallest absolute Gasteiger partial charge is 0.283 e. The maximum atomic E-state index is 13.5. The molecule has 4 heterocycles. The second kappa shape index (κ2) is 11.0. The average molecular weight is 556 g/mol. The van der Waals surface area contributed by atoms with Gasteiger partial charge in [-0.25, -0.2) is 9.97 Å². The van der Waals surface area contributed by atoms with Gasteiger partial charge in [-0.3, -0.25) is 14.9 Å². The van der Waals surface area contributed by atoms with E-state index in [0.717, 1.165) is 38.8 Å². The summed E-state index contributed by atoms with van der Waals surface area (Å²) in [5.74, 6) is 0.822. The van der Waals surface area contributed by atoms with Gasteiger partial charge in [-0.2, -0.15) is 8.42 Å². The van der Waals surface area contributed by atoms with Crippen LogP contribution >= 0.6 is 0 Å². The maximum Gasteiger partial charge on any atom is 0.283 e. The zero-order valence-corrected chi connectivity index (χ0v) is 22.9. The molecular weight excluding hydrogens is 522 g/mol. The summed E-state index contributed by atoms with van der Waals surface area (Å²) in [6.45, 7) is 4.70. The minimum absolute atomic E-state index is 0.0410. The van der Waals surface area contributed by atoms with Gasteiger partial charge in [0.2, 0.25) is 5.91 Å². The first kappa shape index (κ1) is 27.1. The molecule has 0 radical (unpaired) electrons. The molecule has 0 N–H and O–H groups in total. The lowest BCUT2D eigenvalue weighted by atomic mass is 9.72. The highest BCUT2D eigenvalue weighted by molar-refractivity contribution is 7.90. The number of rotatable bonds is 6. The Labute approximate surface area is 227 Å². The van der Waals surface area contributed by atoms with Crippen molar-refractivity contribution in [3.05, 3.63) is 58.7 Å². The molecule has 3 fully saturated rings. The Kier molecular flexibility index (Phi) is 7.63. The second-order valence-corrected chi connectivity index (χ2v) is 12.1. The Morgan fingerprint density at radius 2 is 1.64 bits per heavy atom. The van der Waals surface area contributed by atoms with Crippen LogP contribution in [0.3, 0.4) is 0 Å². The number of benzene rings is 1. The van der Waals surface area contributed by atoms with Crippen LogP contribution in [0.25, 0.3) is 0 Å². The number of nitrogens with zero attached hydrogens (tertiary/aromatic N) is 7. The van der Waals surface area contributed by atoms with Gasteiger partial charge in [-0.15, -0.1) is 4.40 Å². The van der Waals surface area contributed by atoms with Crippen molar-refractivity contribution in [2.75, 3.05) is 33.2 Å². The normalized spacial score (nSPS) is 24.5. The topological polar surface area (TPSA) is 142 Å². The van der Waals surface area contributed by atoms with E-state index in [9.17, 15) is 23.3 Å². The summed E-state index contributed by atoms with van der Waals surface area (Å²) in [5.41, 5.74) is -0.189. The molecule has 2 unspecified atom stereocenters. The quantitative estimate of drug-likeness (QED) is 0.387. The Hall–Kier alpha value is -3.45. The molecule has 39 heavy (non-hydrogen) atoms. The van der Waals surface area contributed by atoms with Gasteiger partial charge in [0.15, 0.2) is 0 Å². The molecular formula is C26H33N7O5S. The van der Waals surface area contributed by atoms with Gasteiger partial charge in [-0.1, -0.05) is 0 Å². The molecule has 0 aliphatic carbocycles. The summed E-state index contributed by atoms with van der Waals surface area (Å²) in [4.78, 5) is 37.7. The fourth-order valence-electron chi connectivity index (χ4n) is 6.06. The number of hydrogen-bond donors (Lipinski definition) is 0. The zero-order chi connectivity index (χ0) is 27.7. The molecule has 13 heteroatoms. The summed E-state index contributed by atoms with van der Waals surface area (Å²) in [7, 11) is -2.08. The van der Waals surface area contributed by atoms with Crippen molar-refractivity contribution in [1.29, 1.82) is 0 Å². The fourth-order valence-corrected chi connectivity index (χ4v) is 7.10. The van der Waals surface area contributed by atoms with E-state index in [2.05, 4.69) is 31.2 Å². The maximum absolute atomic E-state index is 13.5. The number of non-ortho nitro benzene ring substituents is 1. The lowest BCUT2D eigenvalue weighted by Crippen LogP contribution is -2.68. The van der Waals surface area contributed by atoms with Crippen LogP contribution in [0.1, 0.15) is 44.3 Å². The molecule has 5 rings (SSSR count). The Bertz CT molecular complexity index is 1340. The highest BCUT2D eigenvalue weighted by Gasteiger charge is 2.54. The summed E-state index contributed by atoms with van der Waals surface area (Å²) < 4.78 is 31.4. The Balaban J connectivity index is 1.54. The van der Waals surface area contributed by atoms with Crippen LogP contribution in [0.15, 0.2) is 52.0 Å². The van der Waals surface area contributed by atoms with Crippen LogP contribution in [-0.2, 0) is 14.8 Å². The third kappa shape index (κ3) is 5.50. The standard InChI is InChI=1S/C26H33N7O5S/c1-18(34)31-16-8-19(9-17-31)24-23(25-27-12-3-13-28-25)26(32(24)20-10-14-30(2)15-11-20)29-39(37,38)22-6-4-21(5-7-22)33(35)36/h3-7,12-13,19-20,23-24H,8-11,14-17H2,1-2H3. The zero-order valence-electron chi connectivity index (χ0n) is 22.1. The average Bonchev–Trinajstić information content (AvgIpc) is 2.93. The molecule has 3 aliphatic heterocycles. The number of aromatic nitrogens is 2. The summed E-state index contributed by atoms with van der Waals surface area (Å²) in [6.07, 6.45) is 6.66. The largest absolute Gasteiger partial charge is 0.351 e. The van der Waals surface area contributed by atoms with Gasteiger partial charge in [0, 0.05) is 50.6 Å². The van der Waals surface area contributed by atoms with E-state index < -0.39 is 20.9 Å². The lowest BCUT2D eigenvalue weighted by molar-refractivity contribution is -0.384. The number of carbonyl (C=O) groups is 1. The van der Waals surface area contributed by atoms with E-state index in [1.165, 1.54) is 24.3 Å². The van der Waals surface area contributed by atoms with Crippen LogP contribution in [0.4, 0.5) is 5.69 Å². The van der Waals surface area contributed by atoms with E-state index in [4.69, 9.17) is 0 Å². The van der Waals surface area contributed by atoms with Crippen LogP contribution in [-0.4, -0.2) is 95.1 Å². The minimum atomic E-state index is -4.16. The summed E-state index contributed by atoms with van der Waals surface area (Å²) in [5, 5.41) is 11.1. The first-order valence-electron chi connectivity index (χ1n) is 13.2. The minimum Gasteiger partial charge on any atom is -0.351 e. The molecule has 1 aromatic heterocycles. The molecule has 0 saturated carbocycles. The Morgan fingerprint density at radius 3 is 2.21 bits per heavy atom. The third-order valence-corrected chi connectivity index (χ3v) is 9.47. The van der Waals surface area contributed by atoms with Crippen molar-refractivity contribution < 1.29 is 18.1 Å². The van der Waals surface area contributed by atoms with Crippen molar-refractivity contribution in [1.82, 2.24) is 24.7 Å². The van der Waals surface area contributed by atoms with Crippen molar-refractivity contribution in [2.45, 2.75) is 55.5 Å². The predicted molar refractivity (Wildman–Crippen MR) is 144 cm³/mol. The van der Waals surface area contributed by atoms with E-state index in [0.29, 0.717) is 24.7 Å². The summed E-state index contributed by atoms with van der Waals surface area (Å²) >= 11 is 0. The summed E-state index contributed by atoms with van der Waals surface area (Å²) in [6, 6.07) is 6.58. The third-order valence-electron chi connectivity index (χ3n) is 8.18.